The summed E-state index contributed by atoms with van der Waals surface area (Å²) in [4.78, 5) is 22.4. The average Bonchev–Trinajstić information content (AvgIpc) is 3.31. The van der Waals surface area contributed by atoms with E-state index < -0.39 is 174 Å². The summed E-state index contributed by atoms with van der Waals surface area (Å²) in [5, 5.41) is 113. The highest BCUT2D eigenvalue weighted by Gasteiger charge is 2.31. The molecule has 34 nitrogen and oxygen atoms in total. The first kappa shape index (κ1) is 60.8. The summed E-state index contributed by atoms with van der Waals surface area (Å²) in [6, 6.07) is 6.43. The van der Waals surface area contributed by atoms with Crippen LogP contribution in [-0.4, -0.2) is 233 Å². The molecule has 8 unspecified atom stereocenters. The van der Waals surface area contributed by atoms with Crippen LogP contribution in [0.4, 0.5) is 47.1 Å². The van der Waals surface area contributed by atoms with Gasteiger partial charge in [-0.1, -0.05) is 24.3 Å². The number of aliphatic hydroxyl groups is 10. The second kappa shape index (κ2) is 26.1. The maximum absolute atomic E-state index is 12.7. The molecule has 74 heavy (non-hydrogen) atoms. The smallest absolute Gasteiger partial charge is 0.295 e. The lowest BCUT2D eigenvalue weighted by Gasteiger charge is -2.25. The Kier molecular flexibility index (Phi) is 21.5. The lowest BCUT2D eigenvalue weighted by atomic mass is 10.0. The average molecular weight is 1130 g/mol. The van der Waals surface area contributed by atoms with Gasteiger partial charge in [-0.05, 0) is 35.4 Å². The minimum atomic E-state index is -5.12. The SMILES string of the molecule is O=S(=O)(O)CCNc1nc(NCC(O)C(O)C(O)C(O)CO)nc(Nc2ccc(C=Cc3ccc(Nc4nc(NCCS(=O)(=O)O)nc(NCC(O)C(O)C(O)C(O)CO)n4)cc3S(=O)(=O)O)c(S(=O)(=O)O)c2)n1. The molecule has 0 radical (unpaired) electrons. The van der Waals surface area contributed by atoms with Crippen molar-refractivity contribution in [1.29, 1.82) is 0 Å². The van der Waals surface area contributed by atoms with Gasteiger partial charge in [-0.2, -0.15) is 63.6 Å². The first-order valence-corrected chi connectivity index (χ1v) is 27.0. The Morgan fingerprint density at radius 1 is 0.432 bits per heavy atom. The number of aromatic nitrogens is 6. The summed E-state index contributed by atoms with van der Waals surface area (Å²) in [5.41, 5.74) is -0.853. The minimum absolute atomic E-state index is 0.152. The maximum atomic E-state index is 12.7. The van der Waals surface area contributed by atoms with Gasteiger partial charge in [0.25, 0.3) is 40.5 Å². The first-order chi connectivity index (χ1) is 34.4. The van der Waals surface area contributed by atoms with E-state index in [1.807, 2.05) is 0 Å². The normalized spacial score (nSPS) is 15.8. The number of rotatable bonds is 30. The lowest BCUT2D eigenvalue weighted by molar-refractivity contribution is -0.111. The summed E-state index contributed by atoms with van der Waals surface area (Å²) in [7, 11) is -19.2. The van der Waals surface area contributed by atoms with Crippen molar-refractivity contribution in [2.75, 3.05) is 82.8 Å². The number of nitrogens with one attached hydrogen (secondary N) is 6. The molecule has 2 aromatic heterocycles. The van der Waals surface area contributed by atoms with E-state index in [-0.39, 0.29) is 34.4 Å². The second-order valence-corrected chi connectivity index (χ2v) is 21.4. The van der Waals surface area contributed by atoms with Gasteiger partial charge >= 0.3 is 0 Å². The molecule has 0 spiro atoms. The number of nitrogens with zero attached hydrogens (tertiary/aromatic N) is 6. The zero-order valence-electron chi connectivity index (χ0n) is 37.7. The number of anilines is 8. The zero-order chi connectivity index (χ0) is 55.3. The largest absolute Gasteiger partial charge is 0.394 e. The fourth-order valence-corrected chi connectivity index (χ4v) is 8.05. The summed E-state index contributed by atoms with van der Waals surface area (Å²) in [6.07, 6.45) is -13.2. The predicted molar refractivity (Wildman–Crippen MR) is 257 cm³/mol. The van der Waals surface area contributed by atoms with Crippen LogP contribution in [0.3, 0.4) is 0 Å². The first-order valence-electron chi connectivity index (χ1n) is 20.9. The van der Waals surface area contributed by atoms with Crippen LogP contribution in [0.2, 0.25) is 0 Å². The molecular formula is C36H52N12O22S4. The van der Waals surface area contributed by atoms with Crippen LogP contribution in [0.5, 0.6) is 0 Å². The monoisotopic (exact) mass is 1130 g/mol. The summed E-state index contributed by atoms with van der Waals surface area (Å²) >= 11 is 0. The van der Waals surface area contributed by atoms with Crippen molar-refractivity contribution in [2.24, 2.45) is 0 Å². The van der Waals surface area contributed by atoms with Crippen LogP contribution < -0.4 is 31.9 Å². The molecule has 8 atom stereocenters. The van der Waals surface area contributed by atoms with Crippen molar-refractivity contribution >= 4 is 99.7 Å². The van der Waals surface area contributed by atoms with E-state index in [0.29, 0.717) is 0 Å². The van der Waals surface area contributed by atoms with E-state index in [2.05, 4.69) is 61.8 Å². The van der Waals surface area contributed by atoms with Crippen molar-refractivity contribution in [1.82, 2.24) is 29.9 Å². The highest BCUT2D eigenvalue weighted by Crippen LogP contribution is 2.28. The summed E-state index contributed by atoms with van der Waals surface area (Å²) in [5.74, 6) is -4.03. The summed E-state index contributed by atoms with van der Waals surface area (Å²) in [6.45, 7) is -4.07. The van der Waals surface area contributed by atoms with Crippen LogP contribution in [0.25, 0.3) is 12.2 Å². The predicted octanol–water partition coefficient (Wildman–Crippen LogP) is -5.50. The van der Waals surface area contributed by atoms with Gasteiger partial charge in [-0.25, -0.2) is 0 Å². The van der Waals surface area contributed by atoms with Gasteiger partial charge in [0, 0.05) is 37.6 Å². The third-order valence-electron chi connectivity index (χ3n) is 9.68. The van der Waals surface area contributed by atoms with Gasteiger partial charge < -0.3 is 83.0 Å². The van der Waals surface area contributed by atoms with Crippen LogP contribution in [0, 0.1) is 0 Å². The molecule has 0 saturated carbocycles. The van der Waals surface area contributed by atoms with E-state index in [1.165, 1.54) is 12.1 Å². The van der Waals surface area contributed by atoms with Crippen LogP contribution in [0.15, 0.2) is 46.2 Å². The minimum Gasteiger partial charge on any atom is -0.394 e. The Bertz CT molecular complexity index is 2840. The molecule has 4 aromatic rings. The van der Waals surface area contributed by atoms with Gasteiger partial charge in [-0.15, -0.1) is 0 Å². The Balaban J connectivity index is 1.64. The van der Waals surface area contributed by atoms with E-state index in [0.717, 1.165) is 36.4 Å². The van der Waals surface area contributed by atoms with E-state index in [9.17, 15) is 83.6 Å². The number of hydrogen-bond donors (Lipinski definition) is 20. The van der Waals surface area contributed by atoms with Crippen molar-refractivity contribution < 1.29 is 103 Å². The standard InChI is InChI=1S/C36H52N12O22S4/c49-15-23(53)29(57)27(55)21(51)13-39-33-43-31(37-7-9-71(59,60)61)45-35(47-33)41-19-5-3-17(25(11-19)73(65,66)67)1-2-18-4-6-20(12-26(18)74(68,69)70)42-36-46-32(38-8-10-72(62,63)64)44-34(48-36)40-14-22(52)28(56)30(58)24(54)16-50/h1-6,11-12,21-24,27-30,49-58H,7-10,13-16H2,(H,59,60,61)(H,62,63,64)(H,65,66,67)(H,68,69,70)(H3,37,39,41,43,45,47)(H3,38,40,42,44,46,48). The van der Waals surface area contributed by atoms with Gasteiger partial charge in [-0.3, -0.25) is 18.2 Å². The van der Waals surface area contributed by atoms with Gasteiger partial charge in [0.15, 0.2) is 0 Å². The second-order valence-electron chi connectivity index (χ2n) is 15.4. The van der Waals surface area contributed by atoms with E-state index in [4.69, 9.17) is 19.3 Å². The van der Waals surface area contributed by atoms with Gasteiger partial charge in [0.2, 0.25) is 35.7 Å². The molecule has 2 heterocycles. The van der Waals surface area contributed by atoms with Gasteiger partial charge in [0.05, 0.1) is 36.9 Å². The Hall–Kier alpha value is -5.76. The molecule has 0 bridgehead atoms. The zero-order valence-corrected chi connectivity index (χ0v) is 41.0. The third kappa shape index (κ3) is 19.2. The molecule has 2 aromatic carbocycles. The van der Waals surface area contributed by atoms with Crippen molar-refractivity contribution in [3.8, 4) is 0 Å². The van der Waals surface area contributed by atoms with Crippen molar-refractivity contribution in [2.45, 2.75) is 58.6 Å². The highest BCUT2D eigenvalue weighted by molar-refractivity contribution is 7.86. The Labute approximate surface area is 420 Å². The fraction of sp³-hybridized carbons (Fsp3) is 0.444. The molecule has 0 saturated heterocycles. The molecule has 0 fully saturated rings. The molecule has 0 aliphatic rings. The molecule has 4 rings (SSSR count). The van der Waals surface area contributed by atoms with E-state index >= 15 is 0 Å². The lowest BCUT2D eigenvalue weighted by Crippen LogP contribution is -2.48. The fourth-order valence-electron chi connectivity index (χ4n) is 5.91. The number of aliphatic hydroxyl groups excluding tert-OH is 10. The molecule has 0 amide bonds. The number of hydrogen-bond acceptors (Lipinski definition) is 30. The molecule has 412 valence electrons. The number of benzene rings is 2. The quantitative estimate of drug-likeness (QED) is 0.0171. The highest BCUT2D eigenvalue weighted by atomic mass is 32.2. The Morgan fingerprint density at radius 2 is 0.730 bits per heavy atom. The topological polar surface area (TPSA) is 569 Å². The molecule has 20 N–H and O–H groups in total. The molecule has 0 aliphatic carbocycles. The third-order valence-corrected chi connectivity index (χ3v) is 12.9. The molecule has 0 aliphatic heterocycles. The van der Waals surface area contributed by atoms with E-state index in [1.54, 1.807) is 0 Å². The Morgan fingerprint density at radius 3 is 1.03 bits per heavy atom. The maximum Gasteiger partial charge on any atom is 0.295 e. The van der Waals surface area contributed by atoms with Gasteiger partial charge in [0.1, 0.15) is 46.4 Å². The van der Waals surface area contributed by atoms with Crippen molar-refractivity contribution in [3.63, 3.8) is 0 Å². The summed E-state index contributed by atoms with van der Waals surface area (Å²) < 4.78 is 134. The van der Waals surface area contributed by atoms with Crippen LogP contribution >= 0.6 is 0 Å². The molecular weight excluding hydrogens is 1080 g/mol. The van der Waals surface area contributed by atoms with Crippen molar-refractivity contribution in [3.05, 3.63) is 47.5 Å². The van der Waals surface area contributed by atoms with Crippen LogP contribution in [-0.2, 0) is 40.5 Å². The van der Waals surface area contributed by atoms with Crippen LogP contribution in [0.1, 0.15) is 11.1 Å². The molecule has 38 heteroatoms.